The third-order valence-electron chi connectivity index (χ3n) is 4.11. The van der Waals surface area contributed by atoms with Crippen molar-refractivity contribution in [3.63, 3.8) is 0 Å². The molecule has 0 bridgehead atoms. The number of rotatable bonds is 4. The van der Waals surface area contributed by atoms with Gasteiger partial charge in [-0.2, -0.15) is 10.2 Å². The van der Waals surface area contributed by atoms with E-state index < -0.39 is 5.72 Å². The third kappa shape index (κ3) is 2.84. The van der Waals surface area contributed by atoms with Crippen molar-refractivity contribution in [2.75, 3.05) is 7.11 Å². The van der Waals surface area contributed by atoms with Crippen LogP contribution in [0.5, 0.6) is 0 Å². The lowest BCUT2D eigenvalue weighted by molar-refractivity contribution is 0.00482. The summed E-state index contributed by atoms with van der Waals surface area (Å²) in [6, 6.07) is 19.1. The molecule has 0 spiro atoms. The van der Waals surface area contributed by atoms with Gasteiger partial charge in [0.1, 0.15) is 0 Å². The number of ether oxygens (including phenoxy) is 1. The maximum atomic E-state index is 5.83. The fourth-order valence-corrected chi connectivity index (χ4v) is 2.93. The quantitative estimate of drug-likeness (QED) is 0.451. The van der Waals surface area contributed by atoms with Gasteiger partial charge in [0.15, 0.2) is 0 Å². The highest BCUT2D eigenvalue weighted by Crippen LogP contribution is 2.38. The molecule has 3 nitrogen and oxygen atoms in total. The van der Waals surface area contributed by atoms with Crippen LogP contribution < -0.4 is 0 Å². The fraction of sp³-hybridized carbons (Fsp3) is 0.300. The highest BCUT2D eigenvalue weighted by atomic mass is 16.5. The van der Waals surface area contributed by atoms with Crippen LogP contribution >= 0.6 is 0 Å². The molecular formula is C20H22N2O. The molecule has 23 heavy (non-hydrogen) atoms. The molecule has 0 aromatic heterocycles. The number of hydrogen-bond acceptors (Lipinski definition) is 3. The minimum absolute atomic E-state index is 0.130. The lowest BCUT2D eigenvalue weighted by atomic mass is 9.91. The van der Waals surface area contributed by atoms with E-state index in [0.29, 0.717) is 0 Å². The van der Waals surface area contributed by atoms with Crippen LogP contribution in [-0.4, -0.2) is 13.2 Å². The first-order valence-electron chi connectivity index (χ1n) is 7.93. The molecular weight excluding hydrogens is 284 g/mol. The molecule has 0 radical (unpaired) electrons. The second-order valence-corrected chi connectivity index (χ2v) is 6.19. The molecule has 1 unspecified atom stereocenters. The summed E-state index contributed by atoms with van der Waals surface area (Å²) in [6.07, 6.45) is 0. The second kappa shape index (κ2) is 6.09. The number of nitrogens with zero attached hydrogens (tertiary/aromatic N) is 2. The van der Waals surface area contributed by atoms with Crippen LogP contribution in [0.2, 0.25) is 0 Å². The highest BCUT2D eigenvalue weighted by molar-refractivity contribution is 6.02. The van der Waals surface area contributed by atoms with Crippen molar-refractivity contribution >= 4 is 21.5 Å². The molecule has 0 aliphatic carbocycles. The summed E-state index contributed by atoms with van der Waals surface area (Å²) in [7, 11) is 1.69. The number of azo groups is 1. The van der Waals surface area contributed by atoms with Gasteiger partial charge in [-0.15, -0.1) is 0 Å². The van der Waals surface area contributed by atoms with Gasteiger partial charge in [0, 0.05) is 12.7 Å². The average Bonchev–Trinajstić information content (AvgIpc) is 2.57. The average molecular weight is 306 g/mol. The number of benzene rings is 3. The predicted octanol–water partition coefficient (Wildman–Crippen LogP) is 5.67. The molecule has 0 aliphatic heterocycles. The van der Waals surface area contributed by atoms with Gasteiger partial charge in [-0.3, -0.25) is 0 Å². The Morgan fingerprint density at radius 1 is 0.913 bits per heavy atom. The molecule has 0 aliphatic rings. The Kier molecular flexibility index (Phi) is 4.14. The summed E-state index contributed by atoms with van der Waals surface area (Å²) in [6.45, 7) is 6.01. The first kappa shape index (κ1) is 15.6. The van der Waals surface area contributed by atoms with Gasteiger partial charge in [0.25, 0.3) is 0 Å². The van der Waals surface area contributed by atoms with Crippen LogP contribution in [0.3, 0.4) is 0 Å². The van der Waals surface area contributed by atoms with Crippen molar-refractivity contribution in [2.45, 2.75) is 32.5 Å². The second-order valence-electron chi connectivity index (χ2n) is 6.19. The molecule has 1 atom stereocenters. The zero-order valence-electron chi connectivity index (χ0n) is 14.1. The Morgan fingerprint density at radius 2 is 1.43 bits per heavy atom. The SMILES string of the molecule is COC(C)(N=NC(C)C)c1c2ccccc2cc2ccccc12. The molecule has 3 aromatic rings. The molecule has 0 saturated heterocycles. The lowest BCUT2D eigenvalue weighted by Gasteiger charge is -2.26. The van der Waals surface area contributed by atoms with E-state index in [1.807, 2.05) is 20.8 Å². The van der Waals surface area contributed by atoms with E-state index in [1.165, 1.54) is 10.8 Å². The molecule has 0 heterocycles. The van der Waals surface area contributed by atoms with E-state index >= 15 is 0 Å². The van der Waals surface area contributed by atoms with Crippen LogP contribution in [0, 0.1) is 0 Å². The Morgan fingerprint density at radius 3 is 1.91 bits per heavy atom. The Balaban J connectivity index is 2.40. The smallest absolute Gasteiger partial charge is 0.202 e. The molecule has 0 amide bonds. The summed E-state index contributed by atoms with van der Waals surface area (Å²) in [5.41, 5.74) is 0.253. The third-order valence-corrected chi connectivity index (χ3v) is 4.11. The zero-order valence-corrected chi connectivity index (χ0v) is 14.1. The van der Waals surface area contributed by atoms with E-state index in [0.717, 1.165) is 16.3 Å². The molecule has 0 N–H and O–H groups in total. The Bertz CT molecular complexity index is 816. The largest absolute Gasteiger partial charge is 0.352 e. The standard InChI is InChI=1S/C20H22N2O/c1-14(2)21-22-20(3,23-4)19-17-11-7-5-9-15(17)13-16-10-6-8-12-18(16)19/h5-14H,1-4H3. The van der Waals surface area contributed by atoms with Crippen molar-refractivity contribution in [1.29, 1.82) is 0 Å². The van der Waals surface area contributed by atoms with Gasteiger partial charge in [0.05, 0.1) is 6.04 Å². The summed E-state index contributed by atoms with van der Waals surface area (Å²) >= 11 is 0. The summed E-state index contributed by atoms with van der Waals surface area (Å²) in [5.74, 6) is 0. The molecule has 3 heteroatoms. The van der Waals surface area contributed by atoms with Gasteiger partial charge < -0.3 is 4.74 Å². The maximum absolute atomic E-state index is 5.83. The van der Waals surface area contributed by atoms with Crippen LogP contribution in [-0.2, 0) is 10.5 Å². The van der Waals surface area contributed by atoms with E-state index in [2.05, 4.69) is 64.8 Å². The summed E-state index contributed by atoms with van der Waals surface area (Å²) < 4.78 is 5.83. The maximum Gasteiger partial charge on any atom is 0.202 e. The molecule has 3 rings (SSSR count). The molecule has 118 valence electrons. The monoisotopic (exact) mass is 306 g/mol. The van der Waals surface area contributed by atoms with E-state index in [-0.39, 0.29) is 6.04 Å². The fourth-order valence-electron chi connectivity index (χ4n) is 2.93. The van der Waals surface area contributed by atoms with Crippen molar-refractivity contribution < 1.29 is 4.74 Å². The van der Waals surface area contributed by atoms with Crippen molar-refractivity contribution in [3.05, 3.63) is 60.2 Å². The number of methoxy groups -OCH3 is 1. The van der Waals surface area contributed by atoms with E-state index in [9.17, 15) is 0 Å². The van der Waals surface area contributed by atoms with Crippen LogP contribution in [0.15, 0.2) is 64.8 Å². The normalized spacial score (nSPS) is 14.8. The van der Waals surface area contributed by atoms with Crippen LogP contribution in [0.4, 0.5) is 0 Å². The summed E-state index contributed by atoms with van der Waals surface area (Å²) in [5, 5.41) is 13.6. The van der Waals surface area contributed by atoms with Gasteiger partial charge >= 0.3 is 0 Å². The topological polar surface area (TPSA) is 34.0 Å². The summed E-state index contributed by atoms with van der Waals surface area (Å²) in [4.78, 5) is 0. The van der Waals surface area contributed by atoms with Crippen molar-refractivity contribution in [3.8, 4) is 0 Å². The Labute approximate surface area is 137 Å². The van der Waals surface area contributed by atoms with Gasteiger partial charge in [0.2, 0.25) is 5.72 Å². The predicted molar refractivity (Wildman–Crippen MR) is 95.8 cm³/mol. The minimum Gasteiger partial charge on any atom is -0.352 e. The van der Waals surface area contributed by atoms with Crippen molar-refractivity contribution in [2.24, 2.45) is 10.2 Å². The highest BCUT2D eigenvalue weighted by Gasteiger charge is 2.30. The van der Waals surface area contributed by atoms with E-state index in [4.69, 9.17) is 4.74 Å². The van der Waals surface area contributed by atoms with Gasteiger partial charge in [-0.25, -0.2) is 0 Å². The first-order valence-corrected chi connectivity index (χ1v) is 7.93. The zero-order chi connectivity index (χ0) is 16.4. The van der Waals surface area contributed by atoms with Crippen LogP contribution in [0.1, 0.15) is 26.3 Å². The molecule has 3 aromatic carbocycles. The molecule has 0 fully saturated rings. The molecule has 0 saturated carbocycles. The van der Waals surface area contributed by atoms with Crippen LogP contribution in [0.25, 0.3) is 21.5 Å². The minimum atomic E-state index is -0.815. The van der Waals surface area contributed by atoms with Crippen molar-refractivity contribution in [1.82, 2.24) is 0 Å². The first-order chi connectivity index (χ1) is 11.0. The number of fused-ring (bicyclic) bond motifs is 2. The van der Waals surface area contributed by atoms with Gasteiger partial charge in [-0.1, -0.05) is 48.5 Å². The van der Waals surface area contributed by atoms with Gasteiger partial charge in [-0.05, 0) is 48.4 Å². The van der Waals surface area contributed by atoms with E-state index in [1.54, 1.807) is 7.11 Å². The Hall–Kier alpha value is -2.26. The number of hydrogen-bond donors (Lipinski definition) is 0. The lowest BCUT2D eigenvalue weighted by Crippen LogP contribution is -2.22.